The molecule has 0 aromatic carbocycles. The van der Waals surface area contributed by atoms with Gasteiger partial charge in [-0.15, -0.1) is 11.6 Å². The molecular weight excluding hydrogens is 220 g/mol. The highest BCUT2D eigenvalue weighted by Crippen LogP contribution is 2.18. The van der Waals surface area contributed by atoms with E-state index in [9.17, 15) is 15.0 Å². The number of aliphatic hydroxyl groups excluding tert-OH is 2. The Labute approximate surface area is 93.8 Å². The van der Waals surface area contributed by atoms with E-state index in [1.807, 2.05) is 0 Å². The molecule has 2 unspecified atom stereocenters. The molecule has 0 aromatic heterocycles. The van der Waals surface area contributed by atoms with E-state index in [1.165, 1.54) is 0 Å². The van der Waals surface area contributed by atoms with E-state index >= 15 is 0 Å². The molecule has 15 heavy (non-hydrogen) atoms. The monoisotopic (exact) mass is 236 g/mol. The summed E-state index contributed by atoms with van der Waals surface area (Å²) < 4.78 is 0. The zero-order chi connectivity index (χ0) is 11.3. The van der Waals surface area contributed by atoms with Gasteiger partial charge in [-0.1, -0.05) is 0 Å². The molecule has 1 saturated carbocycles. The minimum absolute atomic E-state index is 0.337. The third-order valence-electron chi connectivity index (χ3n) is 2.51. The van der Waals surface area contributed by atoms with Gasteiger partial charge in [-0.3, -0.25) is 0 Å². The molecule has 0 saturated heterocycles. The van der Waals surface area contributed by atoms with Crippen molar-refractivity contribution < 1.29 is 15.0 Å². The summed E-state index contributed by atoms with van der Waals surface area (Å²) in [6, 6.07) is -0.977. The Balaban J connectivity index is 2.37. The maximum atomic E-state index is 11.3. The summed E-state index contributed by atoms with van der Waals surface area (Å²) in [6.07, 6.45) is 0.657. The van der Waals surface area contributed by atoms with Crippen molar-refractivity contribution in [1.29, 1.82) is 0 Å². The van der Waals surface area contributed by atoms with Crippen LogP contribution >= 0.6 is 11.6 Å². The Morgan fingerprint density at radius 1 is 1.33 bits per heavy atom. The van der Waals surface area contributed by atoms with Gasteiger partial charge in [0, 0.05) is 12.4 Å². The van der Waals surface area contributed by atoms with Crippen LogP contribution in [0.15, 0.2) is 0 Å². The van der Waals surface area contributed by atoms with E-state index in [0.717, 1.165) is 6.42 Å². The predicted molar refractivity (Wildman–Crippen MR) is 56.9 cm³/mol. The average Bonchev–Trinajstić information content (AvgIpc) is 2.21. The summed E-state index contributed by atoms with van der Waals surface area (Å²) in [4.78, 5) is 11.3. The highest BCUT2D eigenvalue weighted by Gasteiger charge is 2.31. The van der Waals surface area contributed by atoms with Crippen LogP contribution in [0.4, 0.5) is 4.79 Å². The Morgan fingerprint density at radius 2 is 1.93 bits per heavy atom. The molecule has 1 rings (SSSR count). The molecule has 4 N–H and O–H groups in total. The summed E-state index contributed by atoms with van der Waals surface area (Å²) in [5.41, 5.74) is 0. The summed E-state index contributed by atoms with van der Waals surface area (Å²) in [7, 11) is 0. The number of hydrogen-bond donors (Lipinski definition) is 4. The number of alkyl halides is 1. The average molecular weight is 237 g/mol. The van der Waals surface area contributed by atoms with Gasteiger partial charge in [0.1, 0.15) is 0 Å². The number of carbonyl (C=O) groups excluding carboxylic acids is 1. The number of aliphatic hydroxyl groups is 2. The third kappa shape index (κ3) is 3.85. The van der Waals surface area contributed by atoms with Crippen molar-refractivity contribution in [2.45, 2.75) is 37.5 Å². The van der Waals surface area contributed by atoms with Gasteiger partial charge in [0.15, 0.2) is 0 Å². The van der Waals surface area contributed by atoms with Crippen molar-refractivity contribution in [3.63, 3.8) is 0 Å². The fourth-order valence-corrected chi connectivity index (χ4v) is 1.80. The minimum Gasteiger partial charge on any atom is -0.391 e. The molecule has 0 aliphatic heterocycles. The van der Waals surface area contributed by atoms with Gasteiger partial charge in [0.2, 0.25) is 0 Å². The van der Waals surface area contributed by atoms with Crippen LogP contribution in [-0.2, 0) is 0 Å². The number of amides is 2. The van der Waals surface area contributed by atoms with Gasteiger partial charge < -0.3 is 20.8 Å². The molecule has 2 atom stereocenters. The number of rotatable bonds is 3. The van der Waals surface area contributed by atoms with Gasteiger partial charge in [-0.2, -0.15) is 0 Å². The zero-order valence-electron chi connectivity index (χ0n) is 8.45. The van der Waals surface area contributed by atoms with Crippen molar-refractivity contribution >= 4 is 17.6 Å². The number of hydrogen-bond acceptors (Lipinski definition) is 3. The minimum atomic E-state index is -0.671. The van der Waals surface area contributed by atoms with Gasteiger partial charge in [0.25, 0.3) is 0 Å². The number of halogens is 1. The van der Waals surface area contributed by atoms with E-state index in [0.29, 0.717) is 25.3 Å². The van der Waals surface area contributed by atoms with Crippen molar-refractivity contribution in [2.24, 2.45) is 0 Å². The summed E-state index contributed by atoms with van der Waals surface area (Å²) in [5, 5.41) is 24.2. The molecule has 0 radical (unpaired) electrons. The SMILES string of the molecule is O=C(NCCCl)NC1C(O)CCCC1O. The van der Waals surface area contributed by atoms with Crippen molar-refractivity contribution in [3.8, 4) is 0 Å². The molecule has 0 aromatic rings. The molecule has 5 nitrogen and oxygen atoms in total. The highest BCUT2D eigenvalue weighted by atomic mass is 35.5. The van der Waals surface area contributed by atoms with Gasteiger partial charge >= 0.3 is 6.03 Å². The fourth-order valence-electron chi connectivity index (χ4n) is 1.71. The standard InChI is InChI=1S/C9H17ClN2O3/c10-4-5-11-9(15)12-8-6(13)2-1-3-7(8)14/h6-8,13-14H,1-5H2,(H2,11,12,15). The smallest absolute Gasteiger partial charge is 0.315 e. The largest absolute Gasteiger partial charge is 0.391 e. The Bertz CT molecular complexity index is 206. The molecular formula is C9H17ClN2O3. The lowest BCUT2D eigenvalue weighted by Crippen LogP contribution is -2.55. The number of nitrogens with one attached hydrogen (secondary N) is 2. The fraction of sp³-hybridized carbons (Fsp3) is 0.889. The first kappa shape index (κ1) is 12.5. The van der Waals surface area contributed by atoms with Gasteiger partial charge in [-0.25, -0.2) is 4.79 Å². The molecule has 0 spiro atoms. The maximum Gasteiger partial charge on any atom is 0.315 e. The van der Waals surface area contributed by atoms with Crippen LogP contribution in [0.3, 0.4) is 0 Å². The van der Waals surface area contributed by atoms with E-state index in [4.69, 9.17) is 11.6 Å². The molecule has 1 aliphatic rings. The van der Waals surface area contributed by atoms with Crippen molar-refractivity contribution in [3.05, 3.63) is 0 Å². The lowest BCUT2D eigenvalue weighted by molar-refractivity contribution is 0.00617. The molecule has 1 fully saturated rings. The van der Waals surface area contributed by atoms with Crippen LogP contribution in [0, 0.1) is 0 Å². The Kier molecular flexibility index (Phi) is 5.14. The third-order valence-corrected chi connectivity index (χ3v) is 2.70. The summed E-state index contributed by atoms with van der Waals surface area (Å²) in [5.74, 6) is 0.337. The number of urea groups is 1. The quantitative estimate of drug-likeness (QED) is 0.513. The Morgan fingerprint density at radius 3 is 2.47 bits per heavy atom. The summed E-state index contributed by atoms with van der Waals surface area (Å²) in [6.45, 7) is 0.367. The summed E-state index contributed by atoms with van der Waals surface area (Å²) >= 11 is 5.40. The van der Waals surface area contributed by atoms with E-state index in [2.05, 4.69) is 10.6 Å². The first-order valence-corrected chi connectivity index (χ1v) is 5.65. The normalized spacial score (nSPS) is 31.0. The van der Waals surface area contributed by atoms with Crippen LogP contribution in [0.2, 0.25) is 0 Å². The van der Waals surface area contributed by atoms with E-state index < -0.39 is 24.3 Å². The molecule has 2 amide bonds. The molecule has 6 heteroatoms. The lowest BCUT2D eigenvalue weighted by Gasteiger charge is -2.32. The van der Waals surface area contributed by atoms with Crippen LogP contribution in [0.25, 0.3) is 0 Å². The van der Waals surface area contributed by atoms with Crippen molar-refractivity contribution in [1.82, 2.24) is 10.6 Å². The second-order valence-corrected chi connectivity index (χ2v) is 4.06. The van der Waals surface area contributed by atoms with Gasteiger partial charge in [0.05, 0.1) is 18.2 Å². The van der Waals surface area contributed by atoms with Crippen LogP contribution in [0.5, 0.6) is 0 Å². The molecule has 88 valence electrons. The van der Waals surface area contributed by atoms with Gasteiger partial charge in [-0.05, 0) is 19.3 Å². The van der Waals surface area contributed by atoms with Crippen molar-refractivity contribution in [2.75, 3.05) is 12.4 Å². The first-order chi connectivity index (χ1) is 7.15. The zero-order valence-corrected chi connectivity index (χ0v) is 9.20. The van der Waals surface area contributed by atoms with Crippen LogP contribution < -0.4 is 10.6 Å². The van der Waals surface area contributed by atoms with Crippen LogP contribution in [-0.4, -0.2) is 46.9 Å². The molecule has 0 bridgehead atoms. The second kappa shape index (κ2) is 6.15. The molecule has 1 aliphatic carbocycles. The second-order valence-electron chi connectivity index (χ2n) is 3.68. The number of carbonyl (C=O) groups is 1. The maximum absolute atomic E-state index is 11.3. The molecule has 0 heterocycles. The lowest BCUT2D eigenvalue weighted by atomic mass is 9.90. The van der Waals surface area contributed by atoms with E-state index in [1.54, 1.807) is 0 Å². The van der Waals surface area contributed by atoms with E-state index in [-0.39, 0.29) is 0 Å². The Hall–Kier alpha value is -0.520. The highest BCUT2D eigenvalue weighted by molar-refractivity contribution is 6.18. The predicted octanol–water partition coefficient (Wildman–Crippen LogP) is -0.201. The first-order valence-electron chi connectivity index (χ1n) is 5.11. The topological polar surface area (TPSA) is 81.6 Å². The van der Waals surface area contributed by atoms with Crippen LogP contribution in [0.1, 0.15) is 19.3 Å².